The Morgan fingerprint density at radius 2 is 2.12 bits per heavy atom. The van der Waals surface area contributed by atoms with Gasteiger partial charge in [-0.3, -0.25) is 9.88 Å². The summed E-state index contributed by atoms with van der Waals surface area (Å²) in [6, 6.07) is 14.1. The third-order valence-electron chi connectivity index (χ3n) is 5.70. The maximum Gasteiger partial charge on any atom is 0.130 e. The van der Waals surface area contributed by atoms with Crippen molar-refractivity contribution in [2.75, 3.05) is 32.9 Å². The maximum absolute atomic E-state index is 9.92. The third-order valence-corrected chi connectivity index (χ3v) is 5.70. The van der Waals surface area contributed by atoms with Gasteiger partial charge >= 0.3 is 0 Å². The molecule has 2 atom stereocenters. The van der Waals surface area contributed by atoms with Gasteiger partial charge in [0.15, 0.2) is 0 Å². The lowest BCUT2D eigenvalue weighted by molar-refractivity contribution is -0.0417. The molecule has 0 radical (unpaired) electrons. The molecule has 5 nitrogen and oxygen atoms in total. The van der Waals surface area contributed by atoms with Crippen molar-refractivity contribution in [3.8, 4) is 5.75 Å². The van der Waals surface area contributed by atoms with E-state index in [1.165, 1.54) is 5.56 Å². The number of ether oxygens (including phenoxy) is 2. The van der Waals surface area contributed by atoms with Gasteiger partial charge < -0.3 is 14.6 Å². The Balaban J connectivity index is 1.33. The fraction of sp³-hybridized carbons (Fsp3) is 0.476. The first-order valence-electron chi connectivity index (χ1n) is 9.30. The Morgan fingerprint density at radius 3 is 2.85 bits per heavy atom. The van der Waals surface area contributed by atoms with Crippen LogP contribution in [0.4, 0.5) is 0 Å². The summed E-state index contributed by atoms with van der Waals surface area (Å²) in [5.41, 5.74) is 2.22. The van der Waals surface area contributed by atoms with E-state index >= 15 is 0 Å². The maximum atomic E-state index is 9.92. The average molecular weight is 354 g/mol. The lowest BCUT2D eigenvalue weighted by Gasteiger charge is -2.36. The second-order valence-corrected chi connectivity index (χ2v) is 7.47. The molecule has 2 aliphatic rings. The van der Waals surface area contributed by atoms with E-state index in [9.17, 15) is 5.11 Å². The minimum Gasteiger partial charge on any atom is -0.487 e. The normalized spacial score (nSPS) is 25.8. The van der Waals surface area contributed by atoms with E-state index in [4.69, 9.17) is 9.47 Å². The van der Waals surface area contributed by atoms with Gasteiger partial charge in [-0.2, -0.15) is 0 Å². The van der Waals surface area contributed by atoms with E-state index in [0.29, 0.717) is 12.5 Å². The Hall–Kier alpha value is -1.95. The summed E-state index contributed by atoms with van der Waals surface area (Å²) in [5, 5.41) is 9.92. The number of hydrogen-bond acceptors (Lipinski definition) is 5. The minimum absolute atomic E-state index is 0.0317. The van der Waals surface area contributed by atoms with Crippen LogP contribution >= 0.6 is 0 Å². The second kappa shape index (κ2) is 7.74. The third kappa shape index (κ3) is 3.75. The highest BCUT2D eigenvalue weighted by atomic mass is 16.5. The van der Waals surface area contributed by atoms with Crippen LogP contribution in [0.1, 0.15) is 17.7 Å². The van der Waals surface area contributed by atoms with Crippen molar-refractivity contribution in [3.63, 3.8) is 0 Å². The standard InChI is InChI=1S/C21H26N2O3/c24-16-21-8-10-25-13-18(21)12-23(15-21)11-17-4-6-20(7-5-17)26-14-19-3-1-2-9-22-19/h1-7,9,18,24H,8,10-16H2/t18-,21-/m1/s1. The van der Waals surface area contributed by atoms with E-state index in [2.05, 4.69) is 22.0 Å². The summed E-state index contributed by atoms with van der Waals surface area (Å²) >= 11 is 0. The highest BCUT2D eigenvalue weighted by Gasteiger charge is 2.47. The fourth-order valence-corrected chi connectivity index (χ4v) is 4.13. The van der Waals surface area contributed by atoms with Crippen LogP contribution in [0.3, 0.4) is 0 Å². The largest absolute Gasteiger partial charge is 0.487 e. The van der Waals surface area contributed by atoms with E-state index < -0.39 is 0 Å². The molecule has 0 unspecified atom stereocenters. The molecule has 2 aromatic rings. The number of benzene rings is 1. The molecule has 26 heavy (non-hydrogen) atoms. The fourth-order valence-electron chi connectivity index (χ4n) is 4.13. The molecule has 0 spiro atoms. The van der Waals surface area contributed by atoms with Crippen molar-refractivity contribution in [1.82, 2.24) is 9.88 Å². The number of aliphatic hydroxyl groups is 1. The molecule has 2 saturated heterocycles. The molecule has 5 heteroatoms. The Bertz CT molecular complexity index is 707. The highest BCUT2D eigenvalue weighted by Crippen LogP contribution is 2.42. The molecule has 1 aromatic heterocycles. The van der Waals surface area contributed by atoms with Crippen molar-refractivity contribution in [1.29, 1.82) is 0 Å². The number of aliphatic hydroxyl groups excluding tert-OH is 1. The summed E-state index contributed by atoms with van der Waals surface area (Å²) < 4.78 is 11.4. The predicted octanol–water partition coefficient (Wildman–Crippen LogP) is 2.49. The zero-order chi connectivity index (χ0) is 17.8. The molecule has 1 aromatic carbocycles. The quantitative estimate of drug-likeness (QED) is 0.864. The van der Waals surface area contributed by atoms with Crippen LogP contribution in [0.15, 0.2) is 48.7 Å². The zero-order valence-electron chi connectivity index (χ0n) is 15.0. The molecule has 0 aliphatic carbocycles. The highest BCUT2D eigenvalue weighted by molar-refractivity contribution is 5.27. The monoisotopic (exact) mass is 354 g/mol. The molecule has 0 bridgehead atoms. The smallest absolute Gasteiger partial charge is 0.130 e. The van der Waals surface area contributed by atoms with Crippen molar-refractivity contribution in [2.45, 2.75) is 19.6 Å². The minimum atomic E-state index is 0.0317. The number of likely N-dealkylation sites (tertiary alicyclic amines) is 1. The van der Waals surface area contributed by atoms with Gasteiger partial charge in [-0.1, -0.05) is 18.2 Å². The zero-order valence-corrected chi connectivity index (χ0v) is 15.0. The van der Waals surface area contributed by atoms with E-state index in [1.54, 1.807) is 6.20 Å². The molecule has 0 saturated carbocycles. The molecule has 2 aliphatic heterocycles. The first-order chi connectivity index (χ1) is 12.8. The van der Waals surface area contributed by atoms with Crippen molar-refractivity contribution >= 4 is 0 Å². The SMILES string of the molecule is OC[C@]12CCOC[C@H]1CN(Cc1ccc(OCc3ccccn3)cc1)C2. The number of fused-ring (bicyclic) bond motifs is 1. The summed E-state index contributed by atoms with van der Waals surface area (Å²) in [7, 11) is 0. The lowest BCUT2D eigenvalue weighted by atomic mass is 9.75. The topological polar surface area (TPSA) is 54.8 Å². The Morgan fingerprint density at radius 1 is 1.23 bits per heavy atom. The van der Waals surface area contributed by atoms with Crippen molar-refractivity contribution < 1.29 is 14.6 Å². The van der Waals surface area contributed by atoms with Crippen molar-refractivity contribution in [2.24, 2.45) is 11.3 Å². The molecule has 1 N–H and O–H groups in total. The molecule has 138 valence electrons. The van der Waals surface area contributed by atoms with Gasteiger partial charge in [-0.05, 0) is 36.2 Å². The number of nitrogens with zero attached hydrogens (tertiary/aromatic N) is 2. The summed E-state index contributed by atoms with van der Waals surface area (Å²) in [5.74, 6) is 1.30. The number of pyridine rings is 1. The van der Waals surface area contributed by atoms with Gasteiger partial charge in [-0.25, -0.2) is 0 Å². The molecular weight excluding hydrogens is 328 g/mol. The summed E-state index contributed by atoms with van der Waals surface area (Å²) in [6.07, 6.45) is 2.74. The lowest BCUT2D eigenvalue weighted by Crippen LogP contribution is -2.41. The van der Waals surface area contributed by atoms with Gasteiger partial charge in [0.25, 0.3) is 0 Å². The molecule has 3 heterocycles. The van der Waals surface area contributed by atoms with Gasteiger partial charge in [-0.15, -0.1) is 0 Å². The second-order valence-electron chi connectivity index (χ2n) is 7.47. The summed E-state index contributed by atoms with van der Waals surface area (Å²) in [6.45, 7) is 5.14. The first-order valence-corrected chi connectivity index (χ1v) is 9.30. The summed E-state index contributed by atoms with van der Waals surface area (Å²) in [4.78, 5) is 6.71. The van der Waals surface area contributed by atoms with E-state index in [0.717, 1.165) is 50.7 Å². The van der Waals surface area contributed by atoms with Crippen LogP contribution in [0.2, 0.25) is 0 Å². The van der Waals surface area contributed by atoms with Crippen LogP contribution < -0.4 is 4.74 Å². The number of rotatable bonds is 6. The van der Waals surface area contributed by atoms with E-state index in [1.807, 2.05) is 30.3 Å². The van der Waals surface area contributed by atoms with Gasteiger partial charge in [0.05, 0.1) is 18.9 Å². The van der Waals surface area contributed by atoms with Crippen LogP contribution in [0.25, 0.3) is 0 Å². The molecule has 0 amide bonds. The number of aromatic nitrogens is 1. The van der Waals surface area contributed by atoms with Crippen LogP contribution in [0.5, 0.6) is 5.75 Å². The number of hydrogen-bond donors (Lipinski definition) is 1. The Labute approximate surface area is 154 Å². The van der Waals surface area contributed by atoms with Crippen LogP contribution in [-0.4, -0.2) is 47.9 Å². The molecular formula is C21H26N2O3. The van der Waals surface area contributed by atoms with Crippen molar-refractivity contribution in [3.05, 3.63) is 59.9 Å². The first kappa shape index (κ1) is 17.5. The van der Waals surface area contributed by atoms with Gasteiger partial charge in [0, 0.05) is 43.8 Å². The van der Waals surface area contributed by atoms with Crippen LogP contribution in [0, 0.1) is 11.3 Å². The van der Waals surface area contributed by atoms with E-state index in [-0.39, 0.29) is 12.0 Å². The van der Waals surface area contributed by atoms with Crippen LogP contribution in [-0.2, 0) is 17.9 Å². The molecule has 4 rings (SSSR count). The molecule has 2 fully saturated rings. The van der Waals surface area contributed by atoms with Gasteiger partial charge in [0.1, 0.15) is 12.4 Å². The Kier molecular flexibility index (Phi) is 5.20. The average Bonchev–Trinajstić information content (AvgIpc) is 3.07. The predicted molar refractivity (Wildman–Crippen MR) is 98.7 cm³/mol. The van der Waals surface area contributed by atoms with Gasteiger partial charge in [0.2, 0.25) is 0 Å².